The fourth-order valence-corrected chi connectivity index (χ4v) is 1.86. The number of nitrogens with one attached hydrogen (secondary N) is 1. The minimum absolute atomic E-state index is 0.236. The quantitative estimate of drug-likeness (QED) is 0.792. The van der Waals surface area contributed by atoms with Crippen molar-refractivity contribution in [2.75, 3.05) is 11.9 Å². The number of aryl methyl sites for hydroxylation is 1. The van der Waals surface area contributed by atoms with Gasteiger partial charge in [0.1, 0.15) is 12.4 Å². The third kappa shape index (κ3) is 3.58. The highest BCUT2D eigenvalue weighted by Gasteiger charge is 2.09. The first kappa shape index (κ1) is 13.1. The second-order valence-corrected chi connectivity index (χ2v) is 4.27. The Bertz CT molecular complexity index is 657. The highest BCUT2D eigenvalue weighted by atomic mass is 32.1. The van der Waals surface area contributed by atoms with Crippen LogP contribution >= 0.6 is 11.5 Å². The molecule has 6 nitrogen and oxygen atoms in total. The number of nitrogens with zero attached hydrogens (tertiary/aromatic N) is 3. The average Bonchev–Trinajstić information content (AvgIpc) is 2.82. The first-order valence-corrected chi connectivity index (χ1v) is 6.13. The van der Waals surface area contributed by atoms with Gasteiger partial charge in [0, 0.05) is 29.5 Å². The van der Waals surface area contributed by atoms with E-state index in [1.54, 1.807) is 13.0 Å². The van der Waals surface area contributed by atoms with Crippen LogP contribution in [0.15, 0.2) is 18.5 Å². The molecule has 0 radical (unpaired) electrons. The van der Waals surface area contributed by atoms with Crippen molar-refractivity contribution in [3.8, 4) is 11.8 Å². The zero-order valence-corrected chi connectivity index (χ0v) is 10.9. The summed E-state index contributed by atoms with van der Waals surface area (Å²) in [7, 11) is 0. The Hall–Kier alpha value is -2.30. The maximum Gasteiger partial charge on any atom is 0.259 e. The van der Waals surface area contributed by atoms with Crippen molar-refractivity contribution in [1.29, 1.82) is 0 Å². The van der Waals surface area contributed by atoms with Crippen molar-refractivity contribution >= 4 is 22.6 Å². The van der Waals surface area contributed by atoms with Crippen LogP contribution in [0.25, 0.3) is 0 Å². The lowest BCUT2D eigenvalue weighted by Crippen LogP contribution is -2.12. The van der Waals surface area contributed by atoms with Crippen molar-refractivity contribution in [1.82, 2.24) is 14.3 Å². The lowest BCUT2D eigenvalue weighted by molar-refractivity contribution is 0.102. The molecule has 2 aromatic rings. The predicted octanol–water partition coefficient (Wildman–Crippen LogP) is 0.838. The topological polar surface area (TPSA) is 88.0 Å². The molecule has 96 valence electrons. The molecule has 0 unspecified atom stereocenters. The van der Waals surface area contributed by atoms with E-state index in [0.29, 0.717) is 22.1 Å². The van der Waals surface area contributed by atoms with Gasteiger partial charge in [-0.25, -0.2) is 4.98 Å². The largest absolute Gasteiger partial charge is 0.384 e. The summed E-state index contributed by atoms with van der Waals surface area (Å²) in [5, 5.41) is 11.7. The summed E-state index contributed by atoms with van der Waals surface area (Å²) >= 11 is 1.12. The van der Waals surface area contributed by atoms with E-state index in [0.717, 1.165) is 11.5 Å². The molecule has 0 aliphatic heterocycles. The van der Waals surface area contributed by atoms with Crippen LogP contribution in [-0.2, 0) is 0 Å². The van der Waals surface area contributed by atoms with Gasteiger partial charge in [-0.05, 0) is 13.0 Å². The van der Waals surface area contributed by atoms with Crippen molar-refractivity contribution in [3.05, 3.63) is 35.4 Å². The standard InChI is InChI=1S/C12H10N4O2S/c1-8-14-12(19-16-8)15-11(18)10-5-9(3-2-4-17)6-13-7-10/h5-7,17H,4H2,1H3,(H,14,15,16,18). The second-order valence-electron chi connectivity index (χ2n) is 3.52. The van der Waals surface area contributed by atoms with Gasteiger partial charge in [-0.1, -0.05) is 11.8 Å². The maximum atomic E-state index is 11.9. The van der Waals surface area contributed by atoms with E-state index in [2.05, 4.69) is 31.5 Å². The molecule has 2 aromatic heterocycles. The van der Waals surface area contributed by atoms with Gasteiger partial charge < -0.3 is 5.11 Å². The number of rotatable bonds is 2. The van der Waals surface area contributed by atoms with E-state index >= 15 is 0 Å². The number of aromatic nitrogens is 3. The van der Waals surface area contributed by atoms with Crippen LogP contribution in [0.5, 0.6) is 0 Å². The summed E-state index contributed by atoms with van der Waals surface area (Å²) in [5.74, 6) is 5.48. The van der Waals surface area contributed by atoms with Crippen molar-refractivity contribution < 1.29 is 9.90 Å². The molecule has 2 rings (SSSR count). The highest BCUT2D eigenvalue weighted by molar-refractivity contribution is 7.09. The summed E-state index contributed by atoms with van der Waals surface area (Å²) in [6.45, 7) is 1.51. The Balaban J connectivity index is 2.15. The van der Waals surface area contributed by atoms with Gasteiger partial charge in [0.25, 0.3) is 5.91 Å². The Morgan fingerprint density at radius 2 is 2.37 bits per heavy atom. The SMILES string of the molecule is Cc1nsc(NC(=O)c2cncc(C#CCO)c2)n1. The fourth-order valence-electron chi connectivity index (χ4n) is 1.29. The minimum atomic E-state index is -0.323. The molecule has 7 heteroatoms. The molecule has 0 aliphatic rings. The fraction of sp³-hybridized carbons (Fsp3) is 0.167. The Labute approximate surface area is 113 Å². The van der Waals surface area contributed by atoms with Gasteiger partial charge in [-0.15, -0.1) is 0 Å². The van der Waals surface area contributed by atoms with E-state index in [4.69, 9.17) is 5.11 Å². The monoisotopic (exact) mass is 274 g/mol. The summed E-state index contributed by atoms with van der Waals surface area (Å²) in [6, 6.07) is 1.60. The molecule has 2 heterocycles. The Morgan fingerprint density at radius 1 is 1.53 bits per heavy atom. The second kappa shape index (κ2) is 6.04. The van der Waals surface area contributed by atoms with Gasteiger partial charge in [-0.3, -0.25) is 15.1 Å². The number of hydrogen-bond donors (Lipinski definition) is 2. The maximum absolute atomic E-state index is 11.9. The van der Waals surface area contributed by atoms with Gasteiger partial charge in [0.05, 0.1) is 5.56 Å². The van der Waals surface area contributed by atoms with Gasteiger partial charge in [-0.2, -0.15) is 4.37 Å². The minimum Gasteiger partial charge on any atom is -0.384 e. The third-order valence-electron chi connectivity index (χ3n) is 2.06. The van der Waals surface area contributed by atoms with Crippen LogP contribution < -0.4 is 5.32 Å². The number of carbonyl (C=O) groups excluding carboxylic acids is 1. The predicted molar refractivity (Wildman–Crippen MR) is 70.8 cm³/mol. The molecule has 0 saturated carbocycles. The number of amides is 1. The van der Waals surface area contributed by atoms with Crippen LogP contribution in [-0.4, -0.2) is 32.0 Å². The molecule has 0 aromatic carbocycles. The van der Waals surface area contributed by atoms with E-state index in [9.17, 15) is 4.79 Å². The molecular formula is C12H10N4O2S. The molecular weight excluding hydrogens is 264 g/mol. The van der Waals surface area contributed by atoms with Crippen LogP contribution in [0.4, 0.5) is 5.13 Å². The molecule has 0 fully saturated rings. The Morgan fingerprint density at radius 3 is 3.05 bits per heavy atom. The number of aliphatic hydroxyl groups excluding tert-OH is 1. The molecule has 0 aliphatic carbocycles. The van der Waals surface area contributed by atoms with Crippen LogP contribution in [0.3, 0.4) is 0 Å². The number of anilines is 1. The van der Waals surface area contributed by atoms with Crippen molar-refractivity contribution in [2.24, 2.45) is 0 Å². The number of hydrogen-bond acceptors (Lipinski definition) is 6. The van der Waals surface area contributed by atoms with Gasteiger partial charge >= 0.3 is 0 Å². The summed E-state index contributed by atoms with van der Waals surface area (Å²) in [5.41, 5.74) is 0.938. The van der Waals surface area contributed by atoms with Crippen LogP contribution in [0.2, 0.25) is 0 Å². The summed E-state index contributed by atoms with van der Waals surface area (Å²) in [4.78, 5) is 19.9. The number of pyridine rings is 1. The van der Waals surface area contributed by atoms with E-state index in [1.807, 2.05) is 0 Å². The lowest BCUT2D eigenvalue weighted by atomic mass is 10.2. The van der Waals surface area contributed by atoms with Gasteiger partial charge in [0.15, 0.2) is 0 Å². The summed E-state index contributed by atoms with van der Waals surface area (Å²) < 4.78 is 3.97. The molecule has 19 heavy (non-hydrogen) atoms. The number of aliphatic hydroxyl groups is 1. The smallest absolute Gasteiger partial charge is 0.259 e. The van der Waals surface area contributed by atoms with E-state index < -0.39 is 0 Å². The normalized spacial score (nSPS) is 9.58. The molecule has 0 spiro atoms. The first-order valence-electron chi connectivity index (χ1n) is 5.35. The highest BCUT2D eigenvalue weighted by Crippen LogP contribution is 2.12. The van der Waals surface area contributed by atoms with Gasteiger partial charge in [0.2, 0.25) is 5.13 Å². The molecule has 1 amide bonds. The lowest BCUT2D eigenvalue weighted by Gasteiger charge is -2.00. The zero-order chi connectivity index (χ0) is 13.7. The van der Waals surface area contributed by atoms with Crippen molar-refractivity contribution in [3.63, 3.8) is 0 Å². The van der Waals surface area contributed by atoms with Crippen LogP contribution in [0, 0.1) is 18.8 Å². The number of carbonyl (C=O) groups is 1. The zero-order valence-electron chi connectivity index (χ0n) is 10.0. The van der Waals surface area contributed by atoms with Crippen molar-refractivity contribution in [2.45, 2.75) is 6.92 Å². The molecule has 0 saturated heterocycles. The molecule has 0 atom stereocenters. The average molecular weight is 274 g/mol. The molecule has 0 bridgehead atoms. The Kier molecular flexibility index (Phi) is 4.18. The molecule has 2 N–H and O–H groups in total. The van der Waals surface area contributed by atoms with Crippen LogP contribution in [0.1, 0.15) is 21.7 Å². The summed E-state index contributed by atoms with van der Waals surface area (Å²) in [6.07, 6.45) is 2.96. The van der Waals surface area contributed by atoms with E-state index in [-0.39, 0.29) is 12.5 Å². The first-order chi connectivity index (χ1) is 9.19. The van der Waals surface area contributed by atoms with E-state index in [1.165, 1.54) is 12.4 Å². The third-order valence-corrected chi connectivity index (χ3v) is 2.78.